The number of halogens is 1. The number of nitrogens with zero attached hydrogens (tertiary/aromatic N) is 4. The molecule has 2 N–H and O–H groups in total. The van der Waals surface area contributed by atoms with Gasteiger partial charge >= 0.3 is 0 Å². The average Bonchev–Trinajstić information content (AvgIpc) is 2.95. The van der Waals surface area contributed by atoms with Crippen LogP contribution in [0, 0.1) is 0 Å². The van der Waals surface area contributed by atoms with Crippen LogP contribution in [0.4, 0.5) is 0 Å². The van der Waals surface area contributed by atoms with E-state index in [1.807, 2.05) is 6.20 Å². The SMILES string of the molecule is C=C(N)c1cc(C2CCc3c(nc4cc(C(=C)N5CCN(C(=C)CCCC)CC5)ccc4c3Cl)C2)ccn1. The minimum Gasteiger partial charge on any atom is -0.397 e. The Morgan fingerprint density at radius 1 is 1.08 bits per heavy atom. The standard InChI is InChI=1S/C32H38ClN5/c1-5-6-7-21(2)37-14-16-38(17-15-37)23(4)24-8-10-27-30(18-24)36-31-20-25(9-11-28(31)32(27)33)26-12-13-35-29(19-26)22(3)34/h8,10,12-13,18-19,25H,2-7,9,11,14-17,20,34H2,1H3. The molecule has 1 fully saturated rings. The van der Waals surface area contributed by atoms with Gasteiger partial charge in [-0.1, -0.05) is 56.8 Å². The Bertz CT molecular complexity index is 1390. The molecule has 0 radical (unpaired) electrons. The first-order valence-electron chi connectivity index (χ1n) is 13.7. The molecule has 1 aliphatic carbocycles. The number of allylic oxidation sites excluding steroid dienone is 1. The van der Waals surface area contributed by atoms with Crippen LogP contribution in [0.2, 0.25) is 5.02 Å². The normalized spacial score (nSPS) is 17.4. The van der Waals surface area contributed by atoms with Gasteiger partial charge in [-0.15, -0.1) is 0 Å². The first-order valence-corrected chi connectivity index (χ1v) is 14.1. The molecule has 3 aromatic rings. The van der Waals surface area contributed by atoms with Crippen LogP contribution < -0.4 is 5.73 Å². The van der Waals surface area contributed by atoms with Gasteiger partial charge in [0.05, 0.1) is 21.9 Å². The van der Waals surface area contributed by atoms with Crippen LogP contribution in [-0.4, -0.2) is 45.9 Å². The third kappa shape index (κ3) is 5.30. The predicted molar refractivity (Wildman–Crippen MR) is 160 cm³/mol. The molecular formula is C32H38ClN5. The highest BCUT2D eigenvalue weighted by atomic mass is 35.5. The number of rotatable bonds is 8. The van der Waals surface area contributed by atoms with Crippen LogP contribution in [0.3, 0.4) is 0 Å². The fraction of sp³-hybridized carbons (Fsp3) is 0.375. The Balaban J connectivity index is 1.34. The number of aromatic nitrogens is 2. The number of fused-ring (bicyclic) bond motifs is 2. The lowest BCUT2D eigenvalue weighted by Gasteiger charge is -2.39. The maximum absolute atomic E-state index is 6.96. The largest absolute Gasteiger partial charge is 0.397 e. The van der Waals surface area contributed by atoms with Gasteiger partial charge in [-0.05, 0) is 72.9 Å². The summed E-state index contributed by atoms with van der Waals surface area (Å²) in [5.41, 5.74) is 15.0. The molecule has 1 atom stereocenters. The molecule has 198 valence electrons. The van der Waals surface area contributed by atoms with Gasteiger partial charge in [0.15, 0.2) is 0 Å². The molecule has 1 aliphatic heterocycles. The van der Waals surface area contributed by atoms with E-state index in [4.69, 9.17) is 22.3 Å². The van der Waals surface area contributed by atoms with Crippen LogP contribution in [0.15, 0.2) is 62.0 Å². The number of nitrogens with two attached hydrogens (primary N) is 1. The second kappa shape index (κ2) is 11.2. The van der Waals surface area contributed by atoms with Crippen LogP contribution in [0.1, 0.15) is 66.6 Å². The lowest BCUT2D eigenvalue weighted by molar-refractivity contribution is 0.209. The molecule has 0 saturated carbocycles. The summed E-state index contributed by atoms with van der Waals surface area (Å²) in [7, 11) is 0. The summed E-state index contributed by atoms with van der Waals surface area (Å²) in [5.74, 6) is 0.353. The van der Waals surface area contributed by atoms with Crippen molar-refractivity contribution in [2.45, 2.75) is 51.4 Å². The average molecular weight is 528 g/mol. The summed E-state index contributed by atoms with van der Waals surface area (Å²) in [5, 5.41) is 1.86. The molecule has 1 saturated heterocycles. The molecule has 2 aromatic heterocycles. The van der Waals surface area contributed by atoms with Crippen molar-refractivity contribution in [1.82, 2.24) is 19.8 Å². The summed E-state index contributed by atoms with van der Waals surface area (Å²) in [6, 6.07) is 10.5. The molecule has 5 rings (SSSR count). The Morgan fingerprint density at radius 3 is 2.58 bits per heavy atom. The zero-order valence-corrected chi connectivity index (χ0v) is 23.2. The molecule has 1 aromatic carbocycles. The molecule has 0 spiro atoms. The molecule has 1 unspecified atom stereocenters. The lowest BCUT2D eigenvalue weighted by atomic mass is 9.82. The van der Waals surface area contributed by atoms with Gasteiger partial charge in [-0.3, -0.25) is 9.97 Å². The second-order valence-electron chi connectivity index (χ2n) is 10.6. The quantitative estimate of drug-likeness (QED) is 0.350. The Labute approximate surface area is 231 Å². The minimum absolute atomic E-state index is 0.353. The van der Waals surface area contributed by atoms with E-state index in [0.29, 0.717) is 11.6 Å². The van der Waals surface area contributed by atoms with Crippen molar-refractivity contribution >= 4 is 33.9 Å². The maximum Gasteiger partial charge on any atom is 0.0855 e. The number of piperazine rings is 1. The third-order valence-electron chi connectivity index (χ3n) is 8.13. The third-order valence-corrected chi connectivity index (χ3v) is 8.56. The van der Waals surface area contributed by atoms with Crippen molar-refractivity contribution in [3.05, 3.63) is 95.1 Å². The highest BCUT2D eigenvalue weighted by Crippen LogP contribution is 2.39. The van der Waals surface area contributed by atoms with Gasteiger partial charge in [0.1, 0.15) is 0 Å². The molecule has 0 bridgehead atoms. The van der Waals surface area contributed by atoms with Crippen LogP contribution in [-0.2, 0) is 12.8 Å². The van der Waals surface area contributed by atoms with Crippen molar-refractivity contribution < 1.29 is 0 Å². The highest BCUT2D eigenvalue weighted by molar-refractivity contribution is 6.36. The van der Waals surface area contributed by atoms with Crippen LogP contribution in [0.25, 0.3) is 22.3 Å². The summed E-state index contributed by atoms with van der Waals surface area (Å²) in [6.07, 6.45) is 8.09. The number of hydrogen-bond donors (Lipinski definition) is 1. The Morgan fingerprint density at radius 2 is 1.84 bits per heavy atom. The van der Waals surface area contributed by atoms with E-state index in [2.05, 4.69) is 71.8 Å². The summed E-state index contributed by atoms with van der Waals surface area (Å²) >= 11 is 6.96. The molecule has 0 amide bonds. The molecule has 3 heterocycles. The van der Waals surface area contributed by atoms with E-state index in [-0.39, 0.29) is 0 Å². The number of benzene rings is 1. The van der Waals surface area contributed by atoms with Crippen molar-refractivity contribution in [2.24, 2.45) is 5.73 Å². The van der Waals surface area contributed by atoms with Crippen LogP contribution >= 0.6 is 11.6 Å². The van der Waals surface area contributed by atoms with E-state index in [0.717, 1.165) is 90.4 Å². The fourth-order valence-corrected chi connectivity index (χ4v) is 6.11. The highest BCUT2D eigenvalue weighted by Gasteiger charge is 2.26. The van der Waals surface area contributed by atoms with E-state index >= 15 is 0 Å². The van der Waals surface area contributed by atoms with Gasteiger partial charge < -0.3 is 15.5 Å². The summed E-state index contributed by atoms with van der Waals surface area (Å²) in [4.78, 5) is 14.3. The Hall–Kier alpha value is -3.31. The van der Waals surface area contributed by atoms with Gasteiger partial charge in [-0.2, -0.15) is 0 Å². The second-order valence-corrected chi connectivity index (χ2v) is 11.0. The number of unbranched alkanes of at least 4 members (excludes halogenated alkanes) is 1. The van der Waals surface area contributed by atoms with Gasteiger partial charge in [0.2, 0.25) is 0 Å². The predicted octanol–water partition coefficient (Wildman–Crippen LogP) is 6.78. The topological polar surface area (TPSA) is 58.3 Å². The molecular weight excluding hydrogens is 490 g/mol. The monoisotopic (exact) mass is 527 g/mol. The van der Waals surface area contributed by atoms with Crippen LogP contribution in [0.5, 0.6) is 0 Å². The van der Waals surface area contributed by atoms with E-state index in [1.165, 1.54) is 29.7 Å². The molecule has 5 nitrogen and oxygen atoms in total. The minimum atomic E-state index is 0.353. The van der Waals surface area contributed by atoms with Crippen molar-refractivity contribution in [2.75, 3.05) is 26.2 Å². The zero-order chi connectivity index (χ0) is 26.8. The zero-order valence-electron chi connectivity index (χ0n) is 22.5. The fourth-order valence-electron chi connectivity index (χ4n) is 5.74. The van der Waals surface area contributed by atoms with Gasteiger partial charge in [-0.25, -0.2) is 0 Å². The molecule has 2 aliphatic rings. The lowest BCUT2D eigenvalue weighted by Crippen LogP contribution is -2.44. The van der Waals surface area contributed by atoms with E-state index < -0.39 is 0 Å². The summed E-state index contributed by atoms with van der Waals surface area (Å²) < 4.78 is 0. The van der Waals surface area contributed by atoms with Crippen molar-refractivity contribution in [3.63, 3.8) is 0 Å². The first kappa shape index (κ1) is 26.3. The summed E-state index contributed by atoms with van der Waals surface area (Å²) in [6.45, 7) is 18.7. The number of pyridine rings is 2. The van der Waals surface area contributed by atoms with Crippen molar-refractivity contribution in [3.8, 4) is 0 Å². The maximum atomic E-state index is 6.96. The van der Waals surface area contributed by atoms with Gasteiger partial charge in [0.25, 0.3) is 0 Å². The van der Waals surface area contributed by atoms with Gasteiger partial charge in [0, 0.05) is 54.9 Å². The van der Waals surface area contributed by atoms with Crippen molar-refractivity contribution in [1.29, 1.82) is 0 Å². The first-order chi connectivity index (χ1) is 18.4. The molecule has 38 heavy (non-hydrogen) atoms. The van der Waals surface area contributed by atoms with E-state index in [1.54, 1.807) is 0 Å². The molecule has 6 heteroatoms. The van der Waals surface area contributed by atoms with E-state index in [9.17, 15) is 0 Å². The number of hydrogen-bond acceptors (Lipinski definition) is 5. The Kier molecular flexibility index (Phi) is 7.75. The smallest absolute Gasteiger partial charge is 0.0855 e.